The first-order valence-corrected chi connectivity index (χ1v) is 6.35. The normalized spacial score (nSPS) is 10.6. The number of aliphatic carboxylic acids is 1. The third kappa shape index (κ3) is 5.33. The van der Waals surface area contributed by atoms with Gasteiger partial charge in [0.15, 0.2) is 0 Å². The molecule has 0 radical (unpaired) electrons. The van der Waals surface area contributed by atoms with Crippen molar-refractivity contribution in [1.29, 1.82) is 0 Å². The third-order valence-corrected chi connectivity index (χ3v) is 3.76. The van der Waals surface area contributed by atoms with E-state index in [4.69, 9.17) is 5.11 Å². The fourth-order valence-corrected chi connectivity index (χ4v) is 1.25. The summed E-state index contributed by atoms with van der Waals surface area (Å²) in [6.45, 7) is 1.69. The van der Waals surface area contributed by atoms with Crippen molar-refractivity contribution in [2.24, 2.45) is 0 Å². The molecule has 0 aliphatic heterocycles. The van der Waals surface area contributed by atoms with Gasteiger partial charge in [-0.05, 0) is 0 Å². The first-order chi connectivity index (χ1) is 4.09. The molecule has 0 rings (SSSR count). The van der Waals surface area contributed by atoms with Crippen LogP contribution in [0.5, 0.6) is 0 Å². The second-order valence-electron chi connectivity index (χ2n) is 1.98. The molecule has 0 spiro atoms. The van der Waals surface area contributed by atoms with E-state index in [-0.39, 0.29) is 39.8 Å². The van der Waals surface area contributed by atoms with Gasteiger partial charge in [0.05, 0.1) is 0 Å². The van der Waals surface area contributed by atoms with E-state index >= 15 is 0 Å². The van der Waals surface area contributed by atoms with Crippen LogP contribution in [0.25, 0.3) is 0 Å². The number of carboxylic acids is 1. The number of hydrogen-bond donors (Lipinski definition) is 1. The van der Waals surface area contributed by atoms with Crippen LogP contribution in [0.2, 0.25) is 5.04 Å². The Hall–Kier alpha value is 1.66. The molecule has 0 saturated carbocycles. The topological polar surface area (TPSA) is 54.4 Å². The molecule has 0 saturated heterocycles. The summed E-state index contributed by atoms with van der Waals surface area (Å²) in [5.74, 6) is -1.90. The molecule has 0 heterocycles. The van der Waals surface area contributed by atoms with Gasteiger partial charge in [0.1, 0.15) is 0 Å². The minimum absolute atomic E-state index is 0. The van der Waals surface area contributed by atoms with Crippen LogP contribution < -0.4 is 0 Å². The summed E-state index contributed by atoms with van der Waals surface area (Å²) in [7, 11) is 0. The summed E-state index contributed by atoms with van der Waals surface area (Å²) in [5, 5.41) is 8.16. The van der Waals surface area contributed by atoms with Crippen molar-refractivity contribution < 1.29 is 14.7 Å². The summed E-state index contributed by atoms with van der Waals surface area (Å²) in [5.41, 5.74) is 0. The van der Waals surface area contributed by atoms with Crippen LogP contribution >= 0.6 is 0 Å². The van der Waals surface area contributed by atoms with E-state index in [1.165, 1.54) is 0 Å². The molecule has 0 fully saturated rings. The summed E-state index contributed by atoms with van der Waals surface area (Å²) < 4.78 is 1.81. The maximum absolute atomic E-state index is 10.5. The molecular formula is C5H10Ca2O3. The van der Waals surface area contributed by atoms with Crippen molar-refractivity contribution >= 4 is 83.3 Å². The van der Waals surface area contributed by atoms with Crippen LogP contribution in [0.4, 0.5) is 0 Å². The molecule has 10 heavy (non-hydrogen) atoms. The van der Waals surface area contributed by atoms with Gasteiger partial charge >= 0.3 is 110 Å². The molecule has 1 unspecified atom stereocenters. The Labute approximate surface area is 108 Å². The molecule has 5 heteroatoms. The first kappa shape index (κ1) is 14.2. The molecular weight excluding hydrogens is 188 g/mol. The average Bonchev–Trinajstić information content (AvgIpc) is 1.84. The van der Waals surface area contributed by atoms with Crippen LogP contribution in [-0.2, 0) is 9.59 Å². The standard InChI is InChI=1S/C4H5O3.CH3.2Ca.2H/c1-2-3(5)4(6)7;;;;;/h2H,1H3,(H,6,7);1H3;;;;. The van der Waals surface area contributed by atoms with Crippen LogP contribution in [0, 0.1) is 0 Å². The zero-order chi connectivity index (χ0) is 7.44. The number of hydrogen-bond acceptors (Lipinski definition) is 2. The molecule has 1 N–H and O–H groups in total. The van der Waals surface area contributed by atoms with Gasteiger partial charge in [0.2, 0.25) is 0 Å². The molecule has 0 aliphatic rings. The van der Waals surface area contributed by atoms with E-state index in [1.54, 1.807) is 6.92 Å². The average molecular weight is 198 g/mol. The van der Waals surface area contributed by atoms with Gasteiger partial charge in [-0.2, -0.15) is 0 Å². The Morgan fingerprint density at radius 3 is 2.00 bits per heavy atom. The molecule has 0 amide bonds. The predicted molar refractivity (Wildman–Crippen MR) is 42.2 cm³/mol. The van der Waals surface area contributed by atoms with Gasteiger partial charge in [-0.3, -0.25) is 0 Å². The van der Waals surface area contributed by atoms with Crippen molar-refractivity contribution in [3.63, 3.8) is 0 Å². The summed E-state index contributed by atoms with van der Waals surface area (Å²) in [4.78, 5) is 20.5. The molecule has 0 aromatic carbocycles. The Morgan fingerprint density at radius 1 is 1.50 bits per heavy atom. The van der Waals surface area contributed by atoms with Gasteiger partial charge in [-0.15, -0.1) is 0 Å². The van der Waals surface area contributed by atoms with Gasteiger partial charge in [-0.1, -0.05) is 0 Å². The number of carbonyl (C=O) groups is 2. The van der Waals surface area contributed by atoms with Crippen LogP contribution in [0.1, 0.15) is 6.92 Å². The van der Waals surface area contributed by atoms with Gasteiger partial charge < -0.3 is 0 Å². The first-order valence-electron chi connectivity index (χ1n) is 2.86. The Balaban J connectivity index is 0. The van der Waals surface area contributed by atoms with E-state index in [0.29, 0.717) is 0 Å². The second-order valence-corrected chi connectivity index (χ2v) is 5.17. The quantitative estimate of drug-likeness (QED) is 0.481. The SMILES string of the molecule is [CH3][Ca][CH](C)C(=O)C(=O)O.[CaH2]. The van der Waals surface area contributed by atoms with Crippen molar-refractivity contribution in [2.45, 2.75) is 12.0 Å². The van der Waals surface area contributed by atoms with Crippen molar-refractivity contribution in [2.75, 3.05) is 0 Å². The van der Waals surface area contributed by atoms with Crippen LogP contribution in [-0.4, -0.2) is 88.4 Å². The Kier molecular flexibility index (Phi) is 10.4. The zero-order valence-electron chi connectivity index (χ0n) is 5.55. The molecule has 0 aromatic rings. The van der Waals surface area contributed by atoms with Crippen molar-refractivity contribution in [1.82, 2.24) is 0 Å². The number of rotatable bonds is 3. The number of carboxylic acid groups (broad SMARTS) is 1. The van der Waals surface area contributed by atoms with E-state index in [9.17, 15) is 9.59 Å². The third-order valence-electron chi connectivity index (χ3n) is 1.27. The molecule has 3 nitrogen and oxygen atoms in total. The van der Waals surface area contributed by atoms with E-state index in [1.807, 2.05) is 3.02 Å². The number of Topliss-reactive ketones (excluding diaryl/α,β-unsaturated/α-hetero) is 1. The molecule has 0 bridgehead atoms. The number of carbonyl (C=O) groups excluding carboxylic acids is 1. The fourth-order valence-electron chi connectivity index (χ4n) is 0.396. The second kappa shape index (κ2) is 7.32. The predicted octanol–water partition coefficient (Wildman–Crippen LogP) is -0.715. The van der Waals surface area contributed by atoms with Gasteiger partial charge in [0, 0.05) is 0 Å². The van der Waals surface area contributed by atoms with E-state index in [2.05, 4.69) is 0 Å². The molecule has 0 aromatic heterocycles. The molecule has 1 atom stereocenters. The van der Waals surface area contributed by atoms with E-state index < -0.39 is 45.6 Å². The molecule has 52 valence electrons. The van der Waals surface area contributed by atoms with Crippen LogP contribution in [0.3, 0.4) is 0 Å². The van der Waals surface area contributed by atoms with Gasteiger partial charge in [0.25, 0.3) is 0 Å². The van der Waals surface area contributed by atoms with E-state index in [0.717, 1.165) is 0 Å². The number of ketones is 1. The van der Waals surface area contributed by atoms with Crippen molar-refractivity contribution in [3.8, 4) is 0 Å². The minimum atomic E-state index is -1.28. The fraction of sp³-hybridized carbons (Fsp3) is 0.600. The Morgan fingerprint density at radius 2 is 1.90 bits per heavy atom. The molecule has 0 aliphatic carbocycles. The summed E-state index contributed by atoms with van der Waals surface area (Å²) in [6, 6.07) is 0. The summed E-state index contributed by atoms with van der Waals surface area (Å²) in [6.07, 6.45) is 0. The zero-order valence-corrected chi connectivity index (χ0v) is 7.76. The Bertz CT molecular complexity index is 135. The van der Waals surface area contributed by atoms with Gasteiger partial charge in [-0.25, -0.2) is 0 Å². The van der Waals surface area contributed by atoms with Crippen molar-refractivity contribution in [3.05, 3.63) is 0 Å². The van der Waals surface area contributed by atoms with Crippen LogP contribution in [0.15, 0.2) is 0 Å². The monoisotopic (exact) mass is 198 g/mol. The summed E-state index contributed by atoms with van der Waals surface area (Å²) >= 11 is -0.857. The maximum atomic E-state index is 10.5.